The first-order valence-electron chi connectivity index (χ1n) is 10.2. The van der Waals surface area contributed by atoms with Gasteiger partial charge in [-0.25, -0.2) is 8.42 Å². The number of para-hydroxylation sites is 1. The predicted octanol–water partition coefficient (Wildman–Crippen LogP) is 3.20. The Kier molecular flexibility index (Phi) is 5.71. The number of aryl methyl sites for hydroxylation is 1. The van der Waals surface area contributed by atoms with Crippen LogP contribution in [0.3, 0.4) is 0 Å². The number of carbonyl (C=O) groups excluding carboxylic acids is 2. The second-order valence-corrected chi connectivity index (χ2v) is 9.47. The van der Waals surface area contributed by atoms with Crippen molar-refractivity contribution in [2.24, 2.45) is 5.73 Å². The van der Waals surface area contributed by atoms with Crippen LogP contribution in [-0.4, -0.2) is 33.8 Å². The van der Waals surface area contributed by atoms with Gasteiger partial charge in [-0.05, 0) is 66.9 Å². The van der Waals surface area contributed by atoms with E-state index in [0.29, 0.717) is 23.5 Å². The summed E-state index contributed by atoms with van der Waals surface area (Å²) in [6, 6.07) is 19.8. The molecule has 0 atom stereocenters. The summed E-state index contributed by atoms with van der Waals surface area (Å²) in [5.74, 6) is -0.921. The number of fused-ring (bicyclic) bond motifs is 1. The molecule has 3 aromatic rings. The molecule has 0 saturated heterocycles. The zero-order chi connectivity index (χ0) is 22.9. The molecule has 1 aliphatic heterocycles. The number of rotatable bonds is 5. The normalized spacial score (nSPS) is 13.3. The molecule has 32 heavy (non-hydrogen) atoms. The molecular weight excluding hydrogens is 426 g/mol. The lowest BCUT2D eigenvalue weighted by molar-refractivity contribution is 0.0989. The lowest BCUT2D eigenvalue weighted by Gasteiger charge is -2.30. The minimum absolute atomic E-state index is 0.0672. The number of sulfonamides is 1. The number of primary amides is 1. The topological polar surface area (TPSA) is 101 Å². The number of carbonyl (C=O) groups is 2. The summed E-state index contributed by atoms with van der Waals surface area (Å²) in [5.41, 5.74) is 8.08. The zero-order valence-corrected chi connectivity index (χ0v) is 18.4. The van der Waals surface area contributed by atoms with E-state index in [-0.39, 0.29) is 16.4 Å². The molecule has 3 aromatic carbocycles. The molecule has 0 radical (unpaired) electrons. The SMILES string of the molecule is CN(C(=O)c1cccc(S(=O)(=O)N2CCCc3ccccc32)c1)c1ccc(C(N)=O)cc1. The number of amides is 2. The summed E-state index contributed by atoms with van der Waals surface area (Å²) in [6.45, 7) is 0.392. The van der Waals surface area contributed by atoms with Gasteiger partial charge in [0.05, 0.1) is 10.6 Å². The molecule has 0 saturated carbocycles. The van der Waals surface area contributed by atoms with Gasteiger partial charge in [0, 0.05) is 30.4 Å². The van der Waals surface area contributed by atoms with Crippen molar-refractivity contribution in [3.8, 4) is 0 Å². The maximum absolute atomic E-state index is 13.4. The highest BCUT2D eigenvalue weighted by molar-refractivity contribution is 7.92. The fourth-order valence-corrected chi connectivity index (χ4v) is 5.41. The molecule has 0 fully saturated rings. The largest absolute Gasteiger partial charge is 0.366 e. The molecule has 8 heteroatoms. The molecule has 0 aliphatic carbocycles. The third kappa shape index (κ3) is 3.97. The molecule has 164 valence electrons. The molecule has 1 heterocycles. The summed E-state index contributed by atoms with van der Waals surface area (Å²) in [5, 5.41) is 0. The minimum Gasteiger partial charge on any atom is -0.366 e. The Morgan fingerprint density at radius 2 is 1.66 bits per heavy atom. The van der Waals surface area contributed by atoms with Crippen molar-refractivity contribution < 1.29 is 18.0 Å². The van der Waals surface area contributed by atoms with Crippen LogP contribution in [0, 0.1) is 0 Å². The van der Waals surface area contributed by atoms with Crippen LogP contribution in [0.4, 0.5) is 11.4 Å². The van der Waals surface area contributed by atoms with Gasteiger partial charge >= 0.3 is 0 Å². The maximum atomic E-state index is 13.4. The first kappa shape index (κ1) is 21.6. The summed E-state index contributed by atoms with van der Waals surface area (Å²) < 4.78 is 28.3. The highest BCUT2D eigenvalue weighted by Gasteiger charge is 2.29. The van der Waals surface area contributed by atoms with E-state index in [9.17, 15) is 18.0 Å². The van der Waals surface area contributed by atoms with Gasteiger partial charge in [0.2, 0.25) is 5.91 Å². The Bertz CT molecular complexity index is 1290. The van der Waals surface area contributed by atoms with Crippen molar-refractivity contribution in [1.82, 2.24) is 0 Å². The van der Waals surface area contributed by atoms with Crippen LogP contribution in [-0.2, 0) is 16.4 Å². The number of nitrogens with two attached hydrogens (primary N) is 1. The summed E-state index contributed by atoms with van der Waals surface area (Å²) >= 11 is 0. The third-order valence-corrected chi connectivity index (χ3v) is 7.39. The molecule has 4 rings (SSSR count). The first-order chi connectivity index (χ1) is 15.3. The van der Waals surface area contributed by atoms with E-state index in [0.717, 1.165) is 18.4 Å². The molecule has 7 nitrogen and oxygen atoms in total. The zero-order valence-electron chi connectivity index (χ0n) is 17.6. The molecular formula is C24H23N3O4S. The number of hydrogen-bond donors (Lipinski definition) is 1. The Morgan fingerprint density at radius 1 is 0.938 bits per heavy atom. The number of benzene rings is 3. The molecule has 0 unspecified atom stereocenters. The monoisotopic (exact) mass is 449 g/mol. The van der Waals surface area contributed by atoms with Gasteiger partial charge in [-0.2, -0.15) is 0 Å². The van der Waals surface area contributed by atoms with E-state index in [1.165, 1.54) is 33.5 Å². The van der Waals surface area contributed by atoms with Crippen LogP contribution in [0.5, 0.6) is 0 Å². The molecule has 0 aromatic heterocycles. The highest BCUT2D eigenvalue weighted by atomic mass is 32.2. The van der Waals surface area contributed by atoms with Gasteiger partial charge in [-0.15, -0.1) is 0 Å². The average molecular weight is 450 g/mol. The van der Waals surface area contributed by atoms with Gasteiger partial charge in [-0.3, -0.25) is 13.9 Å². The lowest BCUT2D eigenvalue weighted by atomic mass is 10.0. The van der Waals surface area contributed by atoms with Crippen LogP contribution >= 0.6 is 0 Å². The minimum atomic E-state index is -3.83. The second-order valence-electron chi connectivity index (χ2n) is 7.61. The van der Waals surface area contributed by atoms with Crippen molar-refractivity contribution in [2.45, 2.75) is 17.7 Å². The molecule has 1 aliphatic rings. The standard InChI is InChI=1S/C24H23N3O4S/c1-26(20-13-11-18(12-14-20)23(25)28)24(29)19-7-4-9-21(16-19)32(30,31)27-15-5-8-17-6-2-3-10-22(17)27/h2-4,6-7,9-14,16H,5,8,15H2,1H3,(H2,25,28). The number of nitrogens with zero attached hydrogens (tertiary/aromatic N) is 2. The van der Waals surface area contributed by atoms with Crippen LogP contribution < -0.4 is 14.9 Å². The van der Waals surface area contributed by atoms with E-state index in [4.69, 9.17) is 5.73 Å². The number of hydrogen-bond acceptors (Lipinski definition) is 4. The lowest BCUT2D eigenvalue weighted by Crippen LogP contribution is -2.35. The van der Waals surface area contributed by atoms with Crippen molar-refractivity contribution in [3.05, 3.63) is 89.5 Å². The fraction of sp³-hybridized carbons (Fsp3) is 0.167. The Morgan fingerprint density at radius 3 is 2.38 bits per heavy atom. The van der Waals surface area contributed by atoms with Crippen LogP contribution in [0.15, 0.2) is 77.7 Å². The highest BCUT2D eigenvalue weighted by Crippen LogP contribution is 2.32. The van der Waals surface area contributed by atoms with Crippen molar-refractivity contribution in [3.63, 3.8) is 0 Å². The van der Waals surface area contributed by atoms with Crippen molar-refractivity contribution in [2.75, 3.05) is 22.8 Å². The molecule has 0 spiro atoms. The maximum Gasteiger partial charge on any atom is 0.264 e. The van der Waals surface area contributed by atoms with E-state index in [1.54, 1.807) is 31.3 Å². The van der Waals surface area contributed by atoms with Crippen molar-refractivity contribution in [1.29, 1.82) is 0 Å². The van der Waals surface area contributed by atoms with Crippen LogP contribution in [0.2, 0.25) is 0 Å². The first-order valence-corrected chi connectivity index (χ1v) is 11.6. The van der Waals surface area contributed by atoms with Gasteiger partial charge < -0.3 is 10.6 Å². The van der Waals surface area contributed by atoms with E-state index >= 15 is 0 Å². The van der Waals surface area contributed by atoms with E-state index < -0.39 is 15.9 Å². The quantitative estimate of drug-likeness (QED) is 0.646. The van der Waals surface area contributed by atoms with Crippen LogP contribution in [0.25, 0.3) is 0 Å². The summed E-state index contributed by atoms with van der Waals surface area (Å²) in [4.78, 5) is 25.8. The van der Waals surface area contributed by atoms with Gasteiger partial charge in [0.1, 0.15) is 0 Å². The predicted molar refractivity (Wildman–Crippen MR) is 123 cm³/mol. The molecule has 2 amide bonds. The molecule has 2 N–H and O–H groups in total. The Hall–Kier alpha value is -3.65. The molecule has 0 bridgehead atoms. The van der Waals surface area contributed by atoms with E-state index in [1.807, 2.05) is 24.3 Å². The smallest absolute Gasteiger partial charge is 0.264 e. The Labute approximate surface area is 187 Å². The third-order valence-electron chi connectivity index (χ3n) is 5.58. The average Bonchev–Trinajstić information content (AvgIpc) is 2.82. The van der Waals surface area contributed by atoms with Gasteiger partial charge in [-0.1, -0.05) is 24.3 Å². The van der Waals surface area contributed by atoms with Gasteiger partial charge in [0.15, 0.2) is 0 Å². The van der Waals surface area contributed by atoms with Crippen molar-refractivity contribution >= 4 is 33.2 Å². The van der Waals surface area contributed by atoms with Crippen LogP contribution in [0.1, 0.15) is 32.7 Å². The Balaban J connectivity index is 1.63. The second kappa shape index (κ2) is 8.47. The van der Waals surface area contributed by atoms with Gasteiger partial charge in [0.25, 0.3) is 15.9 Å². The van der Waals surface area contributed by atoms with E-state index in [2.05, 4.69) is 0 Å². The fourth-order valence-electron chi connectivity index (χ4n) is 3.83. The summed E-state index contributed by atoms with van der Waals surface area (Å²) in [6.07, 6.45) is 1.57. The summed E-state index contributed by atoms with van der Waals surface area (Å²) in [7, 11) is -2.24. The number of anilines is 2.